The van der Waals surface area contributed by atoms with Crippen LogP contribution in [0.4, 0.5) is 17.6 Å². The van der Waals surface area contributed by atoms with E-state index in [9.17, 15) is 0 Å². The highest BCUT2D eigenvalue weighted by atomic mass is 15.3. The van der Waals surface area contributed by atoms with Gasteiger partial charge >= 0.3 is 0 Å². The molecule has 150 valence electrons. The molecule has 2 unspecified atom stereocenters. The van der Waals surface area contributed by atoms with Gasteiger partial charge in [-0.3, -0.25) is 10.00 Å². The Balaban J connectivity index is 1.34. The van der Waals surface area contributed by atoms with Crippen LogP contribution in [0.25, 0.3) is 5.52 Å². The van der Waals surface area contributed by atoms with Gasteiger partial charge in [-0.25, -0.2) is 4.52 Å². The number of hydrogen-bond acceptors (Lipinski definition) is 7. The SMILES string of the molecule is Cc1cc(Nc2nc(NC3CC4CC[C@@H](C3)N4CCC#N)cc3ccnn23)n[nH]1. The second-order valence-electron chi connectivity index (χ2n) is 8.04. The standard InChI is InChI=1S/C20H25N9/c1-13-9-19(27-26-13)25-20-24-18(12-17-5-7-22-29(17)20)23-14-10-15-3-4-16(11-14)28(15)8-2-6-21/h5,7,9,12,14-16,23H,2-4,8,10-11H2,1H3,(H2,24,25,26,27)/t14?,15-,16?/m0/s1. The molecule has 2 aliphatic rings. The number of fused-ring (bicyclic) bond motifs is 3. The summed E-state index contributed by atoms with van der Waals surface area (Å²) in [5, 5.41) is 27.4. The highest BCUT2D eigenvalue weighted by molar-refractivity contribution is 5.62. The van der Waals surface area contributed by atoms with E-state index in [-0.39, 0.29) is 0 Å². The molecular weight excluding hydrogens is 366 g/mol. The van der Waals surface area contributed by atoms with E-state index in [1.165, 1.54) is 12.8 Å². The maximum absolute atomic E-state index is 8.92. The molecule has 9 heteroatoms. The molecule has 0 spiro atoms. The minimum Gasteiger partial charge on any atom is -0.367 e. The fourth-order valence-electron chi connectivity index (χ4n) is 4.83. The lowest BCUT2D eigenvalue weighted by Gasteiger charge is -2.39. The average molecular weight is 391 g/mol. The smallest absolute Gasteiger partial charge is 0.232 e. The van der Waals surface area contributed by atoms with Gasteiger partial charge in [0.15, 0.2) is 5.82 Å². The molecule has 0 aliphatic carbocycles. The number of hydrogen-bond donors (Lipinski definition) is 3. The predicted molar refractivity (Wildman–Crippen MR) is 110 cm³/mol. The van der Waals surface area contributed by atoms with E-state index in [2.05, 4.69) is 36.9 Å². The third-order valence-electron chi connectivity index (χ3n) is 6.05. The molecule has 2 bridgehead atoms. The summed E-state index contributed by atoms with van der Waals surface area (Å²) < 4.78 is 1.78. The quantitative estimate of drug-likeness (QED) is 0.593. The molecule has 0 aromatic carbocycles. The van der Waals surface area contributed by atoms with E-state index in [4.69, 9.17) is 10.2 Å². The lowest BCUT2D eigenvalue weighted by molar-refractivity contribution is 0.136. The molecular formula is C20H25N9. The van der Waals surface area contributed by atoms with E-state index in [1.54, 1.807) is 10.7 Å². The molecule has 0 amide bonds. The zero-order chi connectivity index (χ0) is 19.8. The molecule has 0 saturated carbocycles. The van der Waals surface area contributed by atoms with Gasteiger partial charge in [0.05, 0.1) is 17.8 Å². The van der Waals surface area contributed by atoms with Gasteiger partial charge in [0, 0.05) is 48.9 Å². The van der Waals surface area contributed by atoms with E-state index < -0.39 is 0 Å². The fourth-order valence-corrected chi connectivity index (χ4v) is 4.83. The lowest BCUT2D eigenvalue weighted by atomic mass is 9.97. The van der Waals surface area contributed by atoms with Crippen LogP contribution in [0.2, 0.25) is 0 Å². The van der Waals surface area contributed by atoms with Crippen LogP contribution >= 0.6 is 0 Å². The second-order valence-corrected chi connectivity index (χ2v) is 8.04. The van der Waals surface area contributed by atoms with Gasteiger partial charge in [-0.05, 0) is 38.7 Å². The van der Waals surface area contributed by atoms with Crippen molar-refractivity contribution in [3.05, 3.63) is 30.1 Å². The van der Waals surface area contributed by atoms with Crippen molar-refractivity contribution in [2.75, 3.05) is 17.2 Å². The van der Waals surface area contributed by atoms with Crippen LogP contribution in [0.1, 0.15) is 37.8 Å². The molecule has 3 atom stereocenters. The molecule has 3 aromatic rings. The first kappa shape index (κ1) is 17.9. The summed E-state index contributed by atoms with van der Waals surface area (Å²) in [6.45, 7) is 2.86. The first-order valence-electron chi connectivity index (χ1n) is 10.2. The molecule has 5 rings (SSSR count). The van der Waals surface area contributed by atoms with Gasteiger partial charge in [0.1, 0.15) is 5.82 Å². The summed E-state index contributed by atoms with van der Waals surface area (Å²) in [5.41, 5.74) is 1.96. The van der Waals surface area contributed by atoms with Crippen molar-refractivity contribution in [3.63, 3.8) is 0 Å². The number of rotatable bonds is 6. The van der Waals surface area contributed by atoms with Crippen LogP contribution in [-0.4, -0.2) is 54.4 Å². The van der Waals surface area contributed by atoms with Gasteiger partial charge in [-0.2, -0.15) is 20.4 Å². The Hall–Kier alpha value is -3.12. The number of aromatic amines is 1. The third-order valence-corrected chi connectivity index (χ3v) is 6.05. The molecule has 9 nitrogen and oxygen atoms in total. The zero-order valence-electron chi connectivity index (χ0n) is 16.5. The number of anilines is 3. The predicted octanol–water partition coefficient (Wildman–Crippen LogP) is 2.83. The summed E-state index contributed by atoms with van der Waals surface area (Å²) in [6, 6.07) is 9.77. The van der Waals surface area contributed by atoms with Gasteiger partial charge in [-0.15, -0.1) is 0 Å². The number of aromatic nitrogens is 5. The Morgan fingerprint density at radius 2 is 2.07 bits per heavy atom. The van der Waals surface area contributed by atoms with Crippen molar-refractivity contribution in [1.29, 1.82) is 5.26 Å². The number of nitrogens with zero attached hydrogens (tertiary/aromatic N) is 6. The second kappa shape index (κ2) is 7.37. The van der Waals surface area contributed by atoms with Gasteiger partial charge < -0.3 is 10.6 Å². The maximum atomic E-state index is 8.92. The number of nitrogens with one attached hydrogen (secondary N) is 3. The van der Waals surface area contributed by atoms with E-state index in [0.29, 0.717) is 36.3 Å². The summed E-state index contributed by atoms with van der Waals surface area (Å²) in [7, 11) is 0. The van der Waals surface area contributed by atoms with Crippen LogP contribution in [0.3, 0.4) is 0 Å². The average Bonchev–Trinajstić information content (AvgIpc) is 3.39. The lowest BCUT2D eigenvalue weighted by Crippen LogP contribution is -2.47. The monoisotopic (exact) mass is 391 g/mol. The van der Waals surface area contributed by atoms with Crippen molar-refractivity contribution in [1.82, 2.24) is 29.7 Å². The number of aryl methyl sites for hydroxylation is 1. The Morgan fingerprint density at radius 1 is 1.24 bits per heavy atom. The first-order chi connectivity index (χ1) is 14.2. The van der Waals surface area contributed by atoms with E-state index >= 15 is 0 Å². The van der Waals surface area contributed by atoms with E-state index in [0.717, 1.165) is 36.4 Å². The fraction of sp³-hybridized carbons (Fsp3) is 0.500. The van der Waals surface area contributed by atoms with Crippen molar-refractivity contribution >= 4 is 23.1 Å². The van der Waals surface area contributed by atoms with Gasteiger partial charge in [-0.1, -0.05) is 0 Å². The van der Waals surface area contributed by atoms with Crippen LogP contribution in [0, 0.1) is 18.3 Å². The Bertz CT molecular complexity index is 1030. The summed E-state index contributed by atoms with van der Waals surface area (Å²) in [6.07, 6.45) is 7.04. The largest absolute Gasteiger partial charge is 0.367 e. The van der Waals surface area contributed by atoms with Crippen LogP contribution in [0.15, 0.2) is 24.4 Å². The van der Waals surface area contributed by atoms with Crippen molar-refractivity contribution in [3.8, 4) is 6.07 Å². The van der Waals surface area contributed by atoms with Crippen LogP contribution in [0.5, 0.6) is 0 Å². The molecule has 3 N–H and O–H groups in total. The van der Waals surface area contributed by atoms with Crippen LogP contribution in [-0.2, 0) is 0 Å². The molecule has 2 fully saturated rings. The van der Waals surface area contributed by atoms with Gasteiger partial charge in [0.25, 0.3) is 0 Å². The van der Waals surface area contributed by atoms with Crippen LogP contribution < -0.4 is 10.6 Å². The van der Waals surface area contributed by atoms with Crippen molar-refractivity contribution in [2.45, 2.75) is 57.2 Å². The minimum atomic E-state index is 0.393. The molecule has 2 saturated heterocycles. The highest BCUT2D eigenvalue weighted by Crippen LogP contribution is 2.36. The Labute approximate surface area is 169 Å². The van der Waals surface area contributed by atoms with Crippen molar-refractivity contribution in [2.24, 2.45) is 0 Å². The number of piperidine rings is 1. The molecule has 2 aliphatic heterocycles. The first-order valence-corrected chi connectivity index (χ1v) is 10.2. The van der Waals surface area contributed by atoms with E-state index in [1.807, 2.05) is 25.1 Å². The molecule has 5 heterocycles. The van der Waals surface area contributed by atoms with Gasteiger partial charge in [0.2, 0.25) is 5.95 Å². The number of nitriles is 1. The molecule has 3 aromatic heterocycles. The zero-order valence-corrected chi connectivity index (χ0v) is 16.5. The Kier molecular flexibility index (Phi) is 4.56. The summed E-state index contributed by atoms with van der Waals surface area (Å²) >= 11 is 0. The molecule has 0 radical (unpaired) electrons. The minimum absolute atomic E-state index is 0.393. The topological polar surface area (TPSA) is 110 Å². The Morgan fingerprint density at radius 3 is 2.79 bits per heavy atom. The summed E-state index contributed by atoms with van der Waals surface area (Å²) in [5.74, 6) is 2.20. The van der Waals surface area contributed by atoms with Crippen molar-refractivity contribution < 1.29 is 0 Å². The molecule has 29 heavy (non-hydrogen) atoms. The maximum Gasteiger partial charge on any atom is 0.232 e. The number of H-pyrrole nitrogens is 1. The normalized spacial score (nSPS) is 23.9. The third kappa shape index (κ3) is 3.51. The summed E-state index contributed by atoms with van der Waals surface area (Å²) in [4.78, 5) is 7.32. The highest BCUT2D eigenvalue weighted by Gasteiger charge is 2.40.